The Morgan fingerprint density at radius 1 is 0.371 bits per heavy atom. The number of allylic oxidation sites excluding steroid dienone is 5. The SMILES string of the molecule is CCCCCCCCCCCCCCCCCCCCCCCCC/C=C/CC/C=C/CC/C=C/C(O)C(CO)NC(=O)CCCCCCCCCCCCCCCCCCC. The second-order valence-corrected chi connectivity index (χ2v) is 19.3. The van der Waals surface area contributed by atoms with Crippen LogP contribution in [-0.2, 0) is 4.79 Å². The second-order valence-electron chi connectivity index (χ2n) is 19.3. The first-order valence-corrected chi connectivity index (χ1v) is 28.2. The van der Waals surface area contributed by atoms with Crippen LogP contribution in [0.4, 0.5) is 0 Å². The van der Waals surface area contributed by atoms with Gasteiger partial charge in [-0.1, -0.05) is 294 Å². The first-order chi connectivity index (χ1) is 30.7. The van der Waals surface area contributed by atoms with Crippen molar-refractivity contribution in [3.8, 4) is 0 Å². The lowest BCUT2D eigenvalue weighted by atomic mass is 10.0. The molecule has 0 aliphatic rings. The molecule has 0 aromatic rings. The highest BCUT2D eigenvalue weighted by atomic mass is 16.3. The van der Waals surface area contributed by atoms with Crippen LogP contribution in [0.1, 0.15) is 309 Å². The number of carbonyl (C=O) groups is 1. The summed E-state index contributed by atoms with van der Waals surface area (Å²) in [4.78, 5) is 12.4. The van der Waals surface area contributed by atoms with E-state index in [1.54, 1.807) is 6.08 Å². The molecule has 366 valence electrons. The number of hydrogen-bond acceptors (Lipinski definition) is 3. The molecular weight excluding hydrogens is 759 g/mol. The largest absolute Gasteiger partial charge is 0.394 e. The Kier molecular flexibility index (Phi) is 52.7. The van der Waals surface area contributed by atoms with Crippen molar-refractivity contribution in [2.45, 2.75) is 321 Å². The monoisotopic (exact) mass is 870 g/mol. The molecule has 2 atom stereocenters. The van der Waals surface area contributed by atoms with Crippen molar-refractivity contribution in [2.75, 3.05) is 6.61 Å². The van der Waals surface area contributed by atoms with Gasteiger partial charge in [-0.2, -0.15) is 0 Å². The normalized spacial score (nSPS) is 13.0. The second kappa shape index (κ2) is 53.9. The molecule has 0 fully saturated rings. The minimum atomic E-state index is -0.868. The van der Waals surface area contributed by atoms with Crippen LogP contribution < -0.4 is 5.32 Å². The van der Waals surface area contributed by atoms with Gasteiger partial charge in [-0.15, -0.1) is 0 Å². The van der Waals surface area contributed by atoms with Gasteiger partial charge in [0.25, 0.3) is 0 Å². The standard InChI is InChI=1S/C58H111NO3/c1-3-5-7-9-11-13-15-17-19-21-22-23-24-25-26-27-28-29-30-31-32-33-34-35-36-38-39-41-43-45-47-49-51-53-57(61)56(55-60)59-58(62)54-52-50-48-46-44-42-40-37-20-18-16-14-12-10-8-6-4-2/h36,38,43,45,51,53,56-57,60-61H,3-35,37,39-42,44,46-50,52,54-55H2,1-2H3,(H,59,62)/b38-36+,45-43+,53-51+. The highest BCUT2D eigenvalue weighted by molar-refractivity contribution is 5.76. The van der Waals surface area contributed by atoms with Crippen molar-refractivity contribution in [3.05, 3.63) is 36.5 Å². The van der Waals surface area contributed by atoms with Crippen molar-refractivity contribution in [2.24, 2.45) is 0 Å². The van der Waals surface area contributed by atoms with E-state index in [1.807, 2.05) is 6.08 Å². The van der Waals surface area contributed by atoms with E-state index in [2.05, 4.69) is 43.5 Å². The third kappa shape index (κ3) is 49.6. The van der Waals surface area contributed by atoms with E-state index >= 15 is 0 Å². The third-order valence-electron chi connectivity index (χ3n) is 13.1. The molecule has 0 heterocycles. The zero-order valence-electron chi connectivity index (χ0n) is 42.2. The molecule has 4 heteroatoms. The molecule has 4 nitrogen and oxygen atoms in total. The molecule has 0 aliphatic carbocycles. The number of aliphatic hydroxyl groups excluding tert-OH is 2. The highest BCUT2D eigenvalue weighted by Crippen LogP contribution is 2.17. The van der Waals surface area contributed by atoms with Crippen LogP contribution in [0.15, 0.2) is 36.5 Å². The summed E-state index contributed by atoms with van der Waals surface area (Å²) in [6, 6.07) is -0.643. The Morgan fingerprint density at radius 3 is 0.935 bits per heavy atom. The van der Waals surface area contributed by atoms with Crippen molar-refractivity contribution < 1.29 is 15.0 Å². The maximum Gasteiger partial charge on any atom is 0.220 e. The summed E-state index contributed by atoms with van der Waals surface area (Å²) < 4.78 is 0. The molecule has 0 aromatic heterocycles. The first-order valence-electron chi connectivity index (χ1n) is 28.2. The summed E-state index contributed by atoms with van der Waals surface area (Å²) in [5.74, 6) is -0.0735. The summed E-state index contributed by atoms with van der Waals surface area (Å²) in [5.41, 5.74) is 0. The van der Waals surface area contributed by atoms with E-state index in [-0.39, 0.29) is 12.5 Å². The highest BCUT2D eigenvalue weighted by Gasteiger charge is 2.18. The zero-order chi connectivity index (χ0) is 44.9. The Bertz CT molecular complexity index is 943. The summed E-state index contributed by atoms with van der Waals surface area (Å²) in [6.45, 7) is 4.32. The molecule has 0 saturated heterocycles. The smallest absolute Gasteiger partial charge is 0.220 e. The number of amides is 1. The molecule has 0 radical (unpaired) electrons. The molecule has 0 rings (SSSR count). The summed E-state index contributed by atoms with van der Waals surface area (Å²) in [6.07, 6.45) is 73.2. The summed E-state index contributed by atoms with van der Waals surface area (Å²) in [5, 5.41) is 23.1. The van der Waals surface area contributed by atoms with Gasteiger partial charge in [0.05, 0.1) is 18.8 Å². The molecule has 0 aromatic carbocycles. The van der Waals surface area contributed by atoms with Crippen LogP contribution in [0.3, 0.4) is 0 Å². The number of rotatable bonds is 52. The van der Waals surface area contributed by atoms with Gasteiger partial charge >= 0.3 is 0 Å². The van der Waals surface area contributed by atoms with Crippen LogP contribution >= 0.6 is 0 Å². The van der Waals surface area contributed by atoms with Crippen molar-refractivity contribution in [1.82, 2.24) is 5.32 Å². The Labute approximate surface area is 389 Å². The van der Waals surface area contributed by atoms with Gasteiger partial charge < -0.3 is 15.5 Å². The number of aliphatic hydroxyl groups is 2. The van der Waals surface area contributed by atoms with Gasteiger partial charge in [-0.25, -0.2) is 0 Å². The minimum absolute atomic E-state index is 0.0735. The first kappa shape index (κ1) is 60.6. The lowest BCUT2D eigenvalue weighted by Gasteiger charge is -2.19. The average molecular weight is 871 g/mol. The fourth-order valence-corrected chi connectivity index (χ4v) is 8.80. The fourth-order valence-electron chi connectivity index (χ4n) is 8.80. The quantitative estimate of drug-likeness (QED) is 0.0421. The Morgan fingerprint density at radius 2 is 0.629 bits per heavy atom. The third-order valence-corrected chi connectivity index (χ3v) is 13.1. The van der Waals surface area contributed by atoms with Crippen LogP contribution in [0.2, 0.25) is 0 Å². The van der Waals surface area contributed by atoms with E-state index < -0.39 is 12.1 Å². The fraction of sp³-hybridized carbons (Fsp3) is 0.879. The predicted molar refractivity (Wildman–Crippen MR) is 276 cm³/mol. The van der Waals surface area contributed by atoms with E-state index in [1.165, 1.54) is 250 Å². The molecule has 3 N–H and O–H groups in total. The van der Waals surface area contributed by atoms with Crippen LogP contribution in [-0.4, -0.2) is 34.9 Å². The maximum atomic E-state index is 12.4. The topological polar surface area (TPSA) is 69.6 Å². The number of hydrogen-bond donors (Lipinski definition) is 3. The molecule has 0 aliphatic heterocycles. The Balaban J connectivity index is 3.51. The van der Waals surface area contributed by atoms with E-state index in [4.69, 9.17) is 0 Å². The van der Waals surface area contributed by atoms with Crippen molar-refractivity contribution >= 4 is 5.91 Å². The van der Waals surface area contributed by atoms with E-state index in [0.717, 1.165) is 38.5 Å². The molecule has 0 spiro atoms. The average Bonchev–Trinajstić information content (AvgIpc) is 3.28. The molecular formula is C58H111NO3. The number of unbranched alkanes of at least 4 members (excludes halogenated alkanes) is 41. The summed E-state index contributed by atoms with van der Waals surface area (Å²) >= 11 is 0. The van der Waals surface area contributed by atoms with E-state index in [0.29, 0.717) is 6.42 Å². The van der Waals surface area contributed by atoms with Crippen molar-refractivity contribution in [1.29, 1.82) is 0 Å². The van der Waals surface area contributed by atoms with Gasteiger partial charge in [-0.3, -0.25) is 4.79 Å². The Hall–Kier alpha value is -1.39. The molecule has 0 saturated carbocycles. The van der Waals surface area contributed by atoms with Gasteiger partial charge in [-0.05, 0) is 44.9 Å². The van der Waals surface area contributed by atoms with Crippen LogP contribution in [0.5, 0.6) is 0 Å². The number of nitrogens with one attached hydrogen (secondary N) is 1. The van der Waals surface area contributed by atoms with Gasteiger partial charge in [0.15, 0.2) is 0 Å². The van der Waals surface area contributed by atoms with Gasteiger partial charge in [0.1, 0.15) is 0 Å². The van der Waals surface area contributed by atoms with Gasteiger partial charge in [0, 0.05) is 6.42 Å². The van der Waals surface area contributed by atoms with Crippen LogP contribution in [0, 0.1) is 0 Å². The van der Waals surface area contributed by atoms with Crippen LogP contribution in [0.25, 0.3) is 0 Å². The summed E-state index contributed by atoms with van der Waals surface area (Å²) in [7, 11) is 0. The molecule has 1 amide bonds. The predicted octanol–water partition coefficient (Wildman–Crippen LogP) is 18.5. The molecule has 2 unspecified atom stereocenters. The van der Waals surface area contributed by atoms with E-state index in [9.17, 15) is 15.0 Å². The minimum Gasteiger partial charge on any atom is -0.394 e. The maximum absolute atomic E-state index is 12.4. The van der Waals surface area contributed by atoms with Crippen molar-refractivity contribution in [3.63, 3.8) is 0 Å². The van der Waals surface area contributed by atoms with Gasteiger partial charge in [0.2, 0.25) is 5.91 Å². The number of carbonyl (C=O) groups excluding carboxylic acids is 1. The lowest BCUT2D eigenvalue weighted by molar-refractivity contribution is -0.123. The molecule has 0 bridgehead atoms. The molecule has 62 heavy (non-hydrogen) atoms. The lowest BCUT2D eigenvalue weighted by Crippen LogP contribution is -2.45. The zero-order valence-corrected chi connectivity index (χ0v) is 42.2.